The van der Waals surface area contributed by atoms with Crippen molar-refractivity contribution in [3.63, 3.8) is 0 Å². The first kappa shape index (κ1) is 18.2. The van der Waals surface area contributed by atoms with Crippen LogP contribution in [0.5, 0.6) is 0 Å². The molecule has 0 saturated heterocycles. The SMILES string of the molecule is CC(C)(C)OC(=O)/C=C\[C@@H]1C(C)(C)[C@]1(Cc1ccccc1)C(=O)O. The second kappa shape index (κ2) is 6.08. The first-order valence-electron chi connectivity index (χ1n) is 8.19. The maximum Gasteiger partial charge on any atom is 0.330 e. The molecule has 0 radical (unpaired) electrons. The number of esters is 1. The molecule has 130 valence electrons. The summed E-state index contributed by atoms with van der Waals surface area (Å²) in [7, 11) is 0. The van der Waals surface area contributed by atoms with Crippen molar-refractivity contribution in [3.05, 3.63) is 48.0 Å². The minimum atomic E-state index is -0.896. The molecule has 0 aromatic heterocycles. The first-order valence-corrected chi connectivity index (χ1v) is 8.19. The maximum absolute atomic E-state index is 12.0. The molecule has 1 aromatic rings. The van der Waals surface area contributed by atoms with Gasteiger partial charge in [-0.2, -0.15) is 0 Å². The monoisotopic (exact) mass is 330 g/mol. The van der Waals surface area contributed by atoms with Crippen LogP contribution in [0.15, 0.2) is 42.5 Å². The summed E-state index contributed by atoms with van der Waals surface area (Å²) in [4.78, 5) is 23.9. The average molecular weight is 330 g/mol. The number of rotatable bonds is 5. The highest BCUT2D eigenvalue weighted by Gasteiger charge is 2.74. The quantitative estimate of drug-likeness (QED) is 0.658. The Bertz CT molecular complexity index is 652. The highest BCUT2D eigenvalue weighted by atomic mass is 16.6. The van der Waals surface area contributed by atoms with Crippen LogP contribution in [-0.2, 0) is 20.7 Å². The topological polar surface area (TPSA) is 63.6 Å². The minimum absolute atomic E-state index is 0.213. The van der Waals surface area contributed by atoms with E-state index in [1.807, 2.05) is 44.2 Å². The number of allylic oxidation sites excluding steroid dienone is 1. The summed E-state index contributed by atoms with van der Waals surface area (Å²) in [5, 5.41) is 9.87. The van der Waals surface area contributed by atoms with Crippen LogP contribution in [0, 0.1) is 16.7 Å². The largest absolute Gasteiger partial charge is 0.481 e. The summed E-state index contributed by atoms with van der Waals surface area (Å²) in [6, 6.07) is 9.61. The molecule has 1 fully saturated rings. The van der Waals surface area contributed by atoms with Gasteiger partial charge in [0.15, 0.2) is 0 Å². The molecule has 4 heteroatoms. The second-order valence-corrected chi connectivity index (χ2v) is 8.03. The number of carbonyl (C=O) groups excluding carboxylic acids is 1. The number of carboxylic acids is 1. The Morgan fingerprint density at radius 3 is 2.29 bits per heavy atom. The molecule has 1 aliphatic rings. The molecular weight excluding hydrogens is 304 g/mol. The molecule has 0 spiro atoms. The Hall–Kier alpha value is -2.10. The van der Waals surface area contributed by atoms with E-state index >= 15 is 0 Å². The number of ether oxygens (including phenoxy) is 1. The number of benzene rings is 1. The van der Waals surface area contributed by atoms with Crippen LogP contribution in [0.1, 0.15) is 40.2 Å². The first-order chi connectivity index (χ1) is 11.0. The third kappa shape index (κ3) is 3.37. The minimum Gasteiger partial charge on any atom is -0.481 e. The summed E-state index contributed by atoms with van der Waals surface area (Å²) in [5.41, 5.74) is -0.893. The van der Waals surface area contributed by atoms with Crippen LogP contribution in [0.3, 0.4) is 0 Å². The van der Waals surface area contributed by atoms with Gasteiger partial charge in [-0.3, -0.25) is 4.79 Å². The van der Waals surface area contributed by atoms with Gasteiger partial charge in [0.25, 0.3) is 0 Å². The number of carboxylic acid groups (broad SMARTS) is 1. The van der Waals surface area contributed by atoms with Crippen molar-refractivity contribution in [1.29, 1.82) is 0 Å². The lowest BCUT2D eigenvalue weighted by atomic mass is 9.88. The molecule has 0 unspecified atom stereocenters. The molecule has 0 heterocycles. The number of aliphatic carboxylic acids is 1. The maximum atomic E-state index is 12.0. The van der Waals surface area contributed by atoms with Crippen molar-refractivity contribution in [2.45, 2.75) is 46.6 Å². The van der Waals surface area contributed by atoms with Gasteiger partial charge in [-0.25, -0.2) is 4.79 Å². The fraction of sp³-hybridized carbons (Fsp3) is 0.500. The Morgan fingerprint density at radius 2 is 1.79 bits per heavy atom. The van der Waals surface area contributed by atoms with E-state index in [-0.39, 0.29) is 5.92 Å². The highest BCUT2D eigenvalue weighted by Crippen LogP contribution is 2.71. The van der Waals surface area contributed by atoms with Gasteiger partial charge in [0, 0.05) is 12.0 Å². The number of hydrogen-bond donors (Lipinski definition) is 1. The lowest BCUT2D eigenvalue weighted by molar-refractivity contribution is -0.149. The predicted octanol–water partition coefficient (Wildman–Crippen LogP) is 3.85. The Balaban J connectivity index is 2.21. The fourth-order valence-corrected chi connectivity index (χ4v) is 3.55. The molecule has 0 amide bonds. The Kier molecular flexibility index (Phi) is 4.62. The van der Waals surface area contributed by atoms with Gasteiger partial charge in [0.2, 0.25) is 0 Å². The Morgan fingerprint density at radius 1 is 1.21 bits per heavy atom. The zero-order valence-electron chi connectivity index (χ0n) is 15.0. The standard InChI is InChI=1S/C20H26O4/c1-18(2,3)24-16(21)12-11-15-19(4,5)20(15,17(22)23)13-14-9-7-6-8-10-14/h6-12,15H,13H2,1-5H3,(H,22,23)/b12-11-/t15-,20+/m1/s1. The van der Waals surface area contributed by atoms with Crippen molar-refractivity contribution in [2.24, 2.45) is 16.7 Å². The van der Waals surface area contributed by atoms with Gasteiger partial charge in [0.1, 0.15) is 5.60 Å². The lowest BCUT2D eigenvalue weighted by Gasteiger charge is -2.18. The van der Waals surface area contributed by atoms with Gasteiger partial charge in [-0.15, -0.1) is 0 Å². The lowest BCUT2D eigenvalue weighted by Crippen LogP contribution is -2.24. The van der Waals surface area contributed by atoms with E-state index in [9.17, 15) is 14.7 Å². The molecule has 0 aliphatic heterocycles. The molecule has 1 aromatic carbocycles. The van der Waals surface area contributed by atoms with Crippen LogP contribution in [0.25, 0.3) is 0 Å². The molecular formula is C20H26O4. The van der Waals surface area contributed by atoms with E-state index in [4.69, 9.17) is 4.74 Å². The summed E-state index contributed by atoms with van der Waals surface area (Å²) >= 11 is 0. The van der Waals surface area contributed by atoms with E-state index in [2.05, 4.69) is 0 Å². The summed E-state index contributed by atoms with van der Waals surface area (Å²) in [6.45, 7) is 9.28. The predicted molar refractivity (Wildman–Crippen MR) is 92.5 cm³/mol. The third-order valence-electron chi connectivity index (χ3n) is 4.91. The van der Waals surface area contributed by atoms with Crippen LogP contribution >= 0.6 is 0 Å². The van der Waals surface area contributed by atoms with Gasteiger partial charge < -0.3 is 9.84 Å². The zero-order chi connectivity index (χ0) is 18.2. The fourth-order valence-electron chi connectivity index (χ4n) is 3.55. The highest BCUT2D eigenvalue weighted by molar-refractivity contribution is 5.85. The van der Waals surface area contributed by atoms with E-state index in [1.54, 1.807) is 26.8 Å². The van der Waals surface area contributed by atoms with Crippen LogP contribution in [0.4, 0.5) is 0 Å². The molecule has 2 rings (SSSR count). The molecule has 1 N–H and O–H groups in total. The van der Waals surface area contributed by atoms with Gasteiger partial charge in [-0.1, -0.05) is 50.3 Å². The van der Waals surface area contributed by atoms with Crippen molar-refractivity contribution in [2.75, 3.05) is 0 Å². The van der Waals surface area contributed by atoms with Crippen LogP contribution in [0.2, 0.25) is 0 Å². The third-order valence-corrected chi connectivity index (χ3v) is 4.91. The summed E-state index contributed by atoms with van der Waals surface area (Å²) in [5.74, 6) is -1.48. The van der Waals surface area contributed by atoms with E-state index in [0.717, 1.165) is 5.56 Å². The molecule has 24 heavy (non-hydrogen) atoms. The number of carbonyl (C=O) groups is 2. The molecule has 1 aliphatic carbocycles. The van der Waals surface area contributed by atoms with Crippen molar-refractivity contribution < 1.29 is 19.4 Å². The van der Waals surface area contributed by atoms with Gasteiger partial charge in [0.05, 0.1) is 5.41 Å². The Labute approximate surface area is 143 Å². The molecule has 0 bridgehead atoms. The van der Waals surface area contributed by atoms with E-state index in [0.29, 0.717) is 6.42 Å². The van der Waals surface area contributed by atoms with E-state index in [1.165, 1.54) is 6.08 Å². The van der Waals surface area contributed by atoms with E-state index < -0.39 is 28.4 Å². The second-order valence-electron chi connectivity index (χ2n) is 8.03. The number of hydrogen-bond acceptors (Lipinski definition) is 3. The summed E-state index contributed by atoms with van der Waals surface area (Å²) in [6.07, 6.45) is 3.51. The summed E-state index contributed by atoms with van der Waals surface area (Å²) < 4.78 is 5.26. The van der Waals surface area contributed by atoms with Crippen LogP contribution < -0.4 is 0 Å². The molecule has 2 atom stereocenters. The van der Waals surface area contributed by atoms with Crippen molar-refractivity contribution >= 4 is 11.9 Å². The smallest absolute Gasteiger partial charge is 0.330 e. The van der Waals surface area contributed by atoms with Gasteiger partial charge in [-0.05, 0) is 38.2 Å². The molecule has 1 saturated carbocycles. The van der Waals surface area contributed by atoms with Crippen molar-refractivity contribution in [3.8, 4) is 0 Å². The zero-order valence-corrected chi connectivity index (χ0v) is 15.0. The van der Waals surface area contributed by atoms with Gasteiger partial charge >= 0.3 is 11.9 Å². The normalized spacial score (nSPS) is 25.5. The molecule has 4 nitrogen and oxygen atoms in total. The average Bonchev–Trinajstić information content (AvgIpc) is 2.92. The van der Waals surface area contributed by atoms with Crippen LogP contribution in [-0.4, -0.2) is 22.6 Å². The van der Waals surface area contributed by atoms with Crippen molar-refractivity contribution in [1.82, 2.24) is 0 Å².